The molecule has 17 heavy (non-hydrogen) atoms. The highest BCUT2D eigenvalue weighted by molar-refractivity contribution is 5.87. The number of Topliss-reactive ketones (excluding diaryl/α,β-unsaturated/α-hetero) is 1. The van der Waals surface area contributed by atoms with Gasteiger partial charge in [-0.15, -0.1) is 0 Å². The predicted molar refractivity (Wildman–Crippen MR) is 55.6 cm³/mol. The summed E-state index contributed by atoms with van der Waals surface area (Å²) in [5.74, 6) is -0.206. The monoisotopic (exact) mass is 242 g/mol. The third kappa shape index (κ3) is 2.33. The maximum absolute atomic E-state index is 12.6. The zero-order valence-corrected chi connectivity index (χ0v) is 8.97. The largest absolute Gasteiger partial charge is 0.464 e. The summed E-state index contributed by atoms with van der Waals surface area (Å²) in [7, 11) is 0. The van der Waals surface area contributed by atoms with Crippen LogP contribution in [0.25, 0.3) is 11.0 Å². The summed E-state index contributed by atoms with van der Waals surface area (Å²) in [6.45, 7) is 1.33. The summed E-state index contributed by atoms with van der Waals surface area (Å²) < 4.78 is 43.0. The van der Waals surface area contributed by atoms with Crippen LogP contribution in [-0.2, 0) is 17.4 Å². The standard InChI is InChI=1S/C12H9F3O2/c1-7(16)4-9-6-10(12(13,14)15)5-8-2-3-17-11(8)9/h2-3,5-6H,4H2,1H3. The number of benzene rings is 1. The van der Waals surface area contributed by atoms with E-state index in [4.69, 9.17) is 4.42 Å². The van der Waals surface area contributed by atoms with Gasteiger partial charge in [-0.05, 0) is 25.1 Å². The number of rotatable bonds is 2. The van der Waals surface area contributed by atoms with Gasteiger partial charge in [0.1, 0.15) is 11.4 Å². The Hall–Kier alpha value is -1.78. The van der Waals surface area contributed by atoms with E-state index in [1.54, 1.807) is 0 Å². The van der Waals surface area contributed by atoms with Gasteiger partial charge in [-0.3, -0.25) is 4.79 Å². The molecule has 0 unspecified atom stereocenters. The van der Waals surface area contributed by atoms with Crippen molar-refractivity contribution >= 4 is 16.8 Å². The second-order valence-electron chi connectivity index (χ2n) is 3.85. The summed E-state index contributed by atoms with van der Waals surface area (Å²) in [5, 5.41) is 0.357. The SMILES string of the molecule is CC(=O)Cc1cc(C(F)(F)F)cc2ccoc12. The number of carbonyl (C=O) groups excluding carboxylic acids is 1. The first-order valence-corrected chi connectivity index (χ1v) is 4.94. The molecule has 0 fully saturated rings. The van der Waals surface area contributed by atoms with Crippen LogP contribution >= 0.6 is 0 Å². The van der Waals surface area contributed by atoms with Crippen molar-refractivity contribution in [3.8, 4) is 0 Å². The van der Waals surface area contributed by atoms with Gasteiger partial charge in [-0.1, -0.05) is 0 Å². The van der Waals surface area contributed by atoms with Crippen LogP contribution in [0.1, 0.15) is 18.1 Å². The number of carbonyl (C=O) groups is 1. The minimum Gasteiger partial charge on any atom is -0.464 e. The minimum absolute atomic E-state index is 0.0616. The van der Waals surface area contributed by atoms with Gasteiger partial charge >= 0.3 is 6.18 Å². The van der Waals surface area contributed by atoms with Crippen molar-refractivity contribution in [3.63, 3.8) is 0 Å². The first-order chi connectivity index (χ1) is 7.88. The minimum atomic E-state index is -4.42. The molecular weight excluding hydrogens is 233 g/mol. The summed E-state index contributed by atoms with van der Waals surface area (Å²) in [4.78, 5) is 11.0. The van der Waals surface area contributed by atoms with Gasteiger partial charge in [0, 0.05) is 17.4 Å². The summed E-state index contributed by atoms with van der Waals surface area (Å²) in [6.07, 6.45) is -3.17. The fourth-order valence-electron chi connectivity index (χ4n) is 1.72. The highest BCUT2D eigenvalue weighted by Gasteiger charge is 2.31. The zero-order chi connectivity index (χ0) is 12.6. The molecule has 2 aromatic rings. The van der Waals surface area contributed by atoms with Gasteiger partial charge in [-0.2, -0.15) is 13.2 Å². The van der Waals surface area contributed by atoms with Crippen molar-refractivity contribution in [2.45, 2.75) is 19.5 Å². The van der Waals surface area contributed by atoms with Gasteiger partial charge in [0.05, 0.1) is 11.8 Å². The molecule has 0 amide bonds. The van der Waals surface area contributed by atoms with Gasteiger partial charge in [0.25, 0.3) is 0 Å². The van der Waals surface area contributed by atoms with Crippen LogP contribution in [-0.4, -0.2) is 5.78 Å². The van der Waals surface area contributed by atoms with E-state index in [1.807, 2.05) is 0 Å². The number of fused-ring (bicyclic) bond motifs is 1. The lowest BCUT2D eigenvalue weighted by molar-refractivity contribution is -0.137. The number of ketones is 1. The molecule has 0 atom stereocenters. The van der Waals surface area contributed by atoms with Crippen LogP contribution in [0.4, 0.5) is 13.2 Å². The Morgan fingerprint density at radius 3 is 2.65 bits per heavy atom. The molecule has 0 bridgehead atoms. The highest BCUT2D eigenvalue weighted by Crippen LogP contribution is 2.33. The molecule has 0 aliphatic carbocycles. The average Bonchev–Trinajstić information content (AvgIpc) is 2.62. The van der Waals surface area contributed by atoms with E-state index >= 15 is 0 Å². The van der Waals surface area contributed by atoms with Crippen molar-refractivity contribution in [2.75, 3.05) is 0 Å². The molecule has 2 nitrogen and oxygen atoms in total. The van der Waals surface area contributed by atoms with E-state index in [9.17, 15) is 18.0 Å². The van der Waals surface area contributed by atoms with Crippen LogP contribution in [0.2, 0.25) is 0 Å². The van der Waals surface area contributed by atoms with E-state index in [-0.39, 0.29) is 17.8 Å². The number of hydrogen-bond donors (Lipinski definition) is 0. The smallest absolute Gasteiger partial charge is 0.416 e. The second kappa shape index (κ2) is 3.91. The van der Waals surface area contributed by atoms with Crippen molar-refractivity contribution in [3.05, 3.63) is 35.6 Å². The Kier molecular flexibility index (Phi) is 2.69. The topological polar surface area (TPSA) is 30.2 Å². The van der Waals surface area contributed by atoms with E-state index in [1.165, 1.54) is 19.3 Å². The number of halogens is 3. The van der Waals surface area contributed by atoms with E-state index in [0.717, 1.165) is 12.1 Å². The van der Waals surface area contributed by atoms with Crippen LogP contribution < -0.4 is 0 Å². The summed E-state index contributed by atoms with van der Waals surface area (Å²) in [5.41, 5.74) is -0.150. The van der Waals surface area contributed by atoms with Crippen LogP contribution in [0.5, 0.6) is 0 Å². The quantitative estimate of drug-likeness (QED) is 0.805. The molecular formula is C12H9F3O2. The molecule has 1 aromatic carbocycles. The Morgan fingerprint density at radius 1 is 1.35 bits per heavy atom. The van der Waals surface area contributed by atoms with Crippen molar-refractivity contribution in [1.82, 2.24) is 0 Å². The molecule has 1 heterocycles. The lowest BCUT2D eigenvalue weighted by Crippen LogP contribution is -2.07. The fraction of sp³-hybridized carbons (Fsp3) is 0.250. The maximum atomic E-state index is 12.6. The van der Waals surface area contributed by atoms with Gasteiger partial charge < -0.3 is 4.42 Å². The lowest BCUT2D eigenvalue weighted by Gasteiger charge is -2.09. The van der Waals surface area contributed by atoms with E-state index in [0.29, 0.717) is 11.0 Å². The molecule has 0 aliphatic heterocycles. The Morgan fingerprint density at radius 2 is 2.06 bits per heavy atom. The molecule has 0 saturated carbocycles. The van der Waals surface area contributed by atoms with E-state index < -0.39 is 11.7 Å². The number of alkyl halides is 3. The number of furan rings is 1. The third-order valence-corrected chi connectivity index (χ3v) is 2.39. The maximum Gasteiger partial charge on any atom is 0.416 e. The first kappa shape index (κ1) is 11.7. The predicted octanol–water partition coefficient (Wildman–Crippen LogP) is 3.58. The molecule has 0 aliphatic rings. The van der Waals surface area contributed by atoms with E-state index in [2.05, 4.69) is 0 Å². The molecule has 0 radical (unpaired) electrons. The zero-order valence-electron chi connectivity index (χ0n) is 8.97. The summed E-state index contributed by atoms with van der Waals surface area (Å²) >= 11 is 0. The summed E-state index contributed by atoms with van der Waals surface area (Å²) in [6, 6.07) is 3.43. The van der Waals surface area contributed by atoms with Crippen LogP contribution in [0.3, 0.4) is 0 Å². The Balaban J connectivity index is 2.62. The third-order valence-electron chi connectivity index (χ3n) is 2.39. The Labute approximate surface area is 95.0 Å². The molecule has 5 heteroatoms. The first-order valence-electron chi connectivity index (χ1n) is 4.94. The molecule has 1 aromatic heterocycles. The van der Waals surface area contributed by atoms with Crippen molar-refractivity contribution < 1.29 is 22.4 Å². The van der Waals surface area contributed by atoms with Crippen LogP contribution in [0.15, 0.2) is 28.9 Å². The molecule has 0 spiro atoms. The van der Waals surface area contributed by atoms with Gasteiger partial charge in [-0.25, -0.2) is 0 Å². The highest BCUT2D eigenvalue weighted by atomic mass is 19.4. The number of hydrogen-bond acceptors (Lipinski definition) is 2. The average molecular weight is 242 g/mol. The van der Waals surface area contributed by atoms with Crippen molar-refractivity contribution in [2.24, 2.45) is 0 Å². The molecule has 2 rings (SSSR count). The second-order valence-corrected chi connectivity index (χ2v) is 3.85. The normalized spacial score (nSPS) is 12.0. The molecule has 0 saturated heterocycles. The van der Waals surface area contributed by atoms with Gasteiger partial charge in [0.2, 0.25) is 0 Å². The van der Waals surface area contributed by atoms with Gasteiger partial charge in [0.15, 0.2) is 0 Å². The lowest BCUT2D eigenvalue weighted by atomic mass is 10.0. The Bertz CT molecular complexity index is 567. The van der Waals surface area contributed by atoms with Crippen molar-refractivity contribution in [1.29, 1.82) is 0 Å². The fourth-order valence-corrected chi connectivity index (χ4v) is 1.72. The van der Waals surface area contributed by atoms with Crippen LogP contribution in [0, 0.1) is 0 Å². The molecule has 90 valence electrons. The molecule has 0 N–H and O–H groups in total.